The molecule has 236 valence electrons. The van der Waals surface area contributed by atoms with Gasteiger partial charge in [-0.3, -0.25) is 14.2 Å². The number of nitrogens with zero attached hydrogens (tertiary/aromatic N) is 5. The Morgan fingerprint density at radius 1 is 1.09 bits per heavy atom. The van der Waals surface area contributed by atoms with E-state index in [0.29, 0.717) is 50.7 Å². The van der Waals surface area contributed by atoms with Gasteiger partial charge in [-0.05, 0) is 73.8 Å². The summed E-state index contributed by atoms with van der Waals surface area (Å²) in [6, 6.07) is 13.7. The van der Waals surface area contributed by atoms with Gasteiger partial charge in [-0.2, -0.15) is 4.98 Å². The summed E-state index contributed by atoms with van der Waals surface area (Å²) < 4.78 is 1.59. The van der Waals surface area contributed by atoms with E-state index in [9.17, 15) is 9.59 Å². The SMILES string of the molecule is CC(=O)N1CCCC1c1cc(Cl)c(-c2cc3cnc(Nc4ccc(NC5CCNC5)cc4)nc3n(Cc3nccs3)c2=O)c(Cl)c1. The number of benzene rings is 2. The monoisotopic (exact) mass is 674 g/mol. The summed E-state index contributed by atoms with van der Waals surface area (Å²) in [7, 11) is 0. The molecule has 0 radical (unpaired) electrons. The third-order valence-electron chi connectivity index (χ3n) is 8.55. The highest BCUT2D eigenvalue weighted by Gasteiger charge is 2.29. The minimum absolute atomic E-state index is 0.0124. The van der Waals surface area contributed by atoms with Crippen LogP contribution in [0.2, 0.25) is 10.0 Å². The minimum Gasteiger partial charge on any atom is -0.381 e. The first-order valence-electron chi connectivity index (χ1n) is 15.2. The van der Waals surface area contributed by atoms with E-state index in [2.05, 4.69) is 25.9 Å². The number of thiazole rings is 1. The number of amides is 1. The van der Waals surface area contributed by atoms with E-state index in [1.165, 1.54) is 11.3 Å². The second-order valence-corrected chi connectivity index (χ2v) is 13.4. The van der Waals surface area contributed by atoms with E-state index in [4.69, 9.17) is 28.2 Å². The molecule has 1 amide bonds. The van der Waals surface area contributed by atoms with Crippen molar-refractivity contribution in [2.75, 3.05) is 30.3 Å². The molecule has 0 bridgehead atoms. The number of hydrogen-bond donors (Lipinski definition) is 3. The van der Waals surface area contributed by atoms with Crippen LogP contribution in [0.15, 0.2) is 65.0 Å². The van der Waals surface area contributed by atoms with Gasteiger partial charge in [0, 0.05) is 66.2 Å². The Hall–Kier alpha value is -4.03. The standard InChI is InChI=1S/C33H32Cl2N8O2S/c1-19(44)42-11-2-3-28(42)20-14-26(34)30(27(35)15-20)25-13-21-16-38-33(41-31(21)43(32(25)45)18-29-37-10-12-46-29)40-23-6-4-22(5-7-23)39-24-8-9-36-17-24/h4-7,10,12-16,24,28,36,39H,2-3,8-9,11,17-18H2,1H3,(H,38,40,41). The molecule has 2 unspecified atom stereocenters. The fourth-order valence-corrected chi connectivity index (χ4v) is 7.65. The lowest BCUT2D eigenvalue weighted by Crippen LogP contribution is -2.28. The van der Waals surface area contributed by atoms with Crippen LogP contribution in [0.5, 0.6) is 0 Å². The molecule has 7 rings (SSSR count). The molecule has 5 heterocycles. The summed E-state index contributed by atoms with van der Waals surface area (Å²) >= 11 is 15.2. The second-order valence-electron chi connectivity index (χ2n) is 11.6. The molecular formula is C33H32Cl2N8O2S. The Morgan fingerprint density at radius 3 is 2.57 bits per heavy atom. The van der Waals surface area contributed by atoms with Gasteiger partial charge >= 0.3 is 0 Å². The number of carbonyl (C=O) groups excluding carboxylic acids is 1. The number of hydrogen-bond acceptors (Lipinski definition) is 9. The highest BCUT2D eigenvalue weighted by atomic mass is 35.5. The molecule has 2 fully saturated rings. The normalized spacial score (nSPS) is 17.9. The molecule has 10 nitrogen and oxygen atoms in total. The predicted molar refractivity (Wildman–Crippen MR) is 184 cm³/mol. The van der Waals surface area contributed by atoms with Crippen molar-refractivity contribution in [1.29, 1.82) is 0 Å². The van der Waals surface area contributed by atoms with Gasteiger partial charge in [0.15, 0.2) is 0 Å². The average molecular weight is 676 g/mol. The van der Waals surface area contributed by atoms with Crippen LogP contribution in [-0.2, 0) is 11.3 Å². The lowest BCUT2D eigenvalue weighted by Gasteiger charge is -2.24. The number of aromatic nitrogens is 4. The molecule has 46 heavy (non-hydrogen) atoms. The number of anilines is 3. The summed E-state index contributed by atoms with van der Waals surface area (Å²) in [5.74, 6) is 0.374. The van der Waals surface area contributed by atoms with Gasteiger partial charge in [0.05, 0.1) is 28.2 Å². The third-order valence-corrected chi connectivity index (χ3v) is 9.91. The fraction of sp³-hybridized carbons (Fsp3) is 0.303. The van der Waals surface area contributed by atoms with E-state index in [1.807, 2.05) is 46.7 Å². The molecule has 2 atom stereocenters. The number of pyridine rings is 1. The van der Waals surface area contributed by atoms with Gasteiger partial charge in [-0.25, -0.2) is 9.97 Å². The smallest absolute Gasteiger partial charge is 0.260 e. The van der Waals surface area contributed by atoms with Crippen molar-refractivity contribution in [3.8, 4) is 11.1 Å². The van der Waals surface area contributed by atoms with Crippen LogP contribution in [0.3, 0.4) is 0 Å². The highest BCUT2D eigenvalue weighted by Crippen LogP contribution is 2.40. The van der Waals surface area contributed by atoms with Crippen molar-refractivity contribution < 1.29 is 4.79 Å². The molecule has 13 heteroatoms. The quantitative estimate of drug-likeness (QED) is 0.171. The zero-order valence-electron chi connectivity index (χ0n) is 25.1. The van der Waals surface area contributed by atoms with Gasteiger partial charge in [-0.1, -0.05) is 23.2 Å². The number of fused-ring (bicyclic) bond motifs is 1. The first-order valence-corrected chi connectivity index (χ1v) is 16.9. The molecule has 3 aromatic heterocycles. The Balaban J connectivity index is 1.24. The topological polar surface area (TPSA) is 117 Å². The largest absolute Gasteiger partial charge is 0.381 e. The van der Waals surface area contributed by atoms with Gasteiger partial charge in [0.25, 0.3) is 5.56 Å². The van der Waals surface area contributed by atoms with Crippen LogP contribution in [0.25, 0.3) is 22.2 Å². The van der Waals surface area contributed by atoms with Crippen LogP contribution in [0.1, 0.15) is 42.8 Å². The van der Waals surface area contributed by atoms with Crippen molar-refractivity contribution in [2.45, 2.75) is 44.8 Å². The first kappa shape index (κ1) is 30.6. The van der Waals surface area contributed by atoms with Gasteiger partial charge < -0.3 is 20.9 Å². The Bertz CT molecular complexity index is 1940. The summed E-state index contributed by atoms with van der Waals surface area (Å²) in [4.78, 5) is 42.0. The van der Waals surface area contributed by atoms with E-state index in [0.717, 1.165) is 54.3 Å². The predicted octanol–water partition coefficient (Wildman–Crippen LogP) is 6.47. The molecule has 0 saturated carbocycles. The molecule has 2 aromatic carbocycles. The van der Waals surface area contributed by atoms with Crippen molar-refractivity contribution in [1.82, 2.24) is 29.7 Å². The Labute approximate surface area is 279 Å². The van der Waals surface area contributed by atoms with Crippen LogP contribution in [0.4, 0.5) is 17.3 Å². The zero-order chi connectivity index (χ0) is 31.8. The van der Waals surface area contributed by atoms with Crippen molar-refractivity contribution >= 4 is 68.8 Å². The molecule has 5 aromatic rings. The van der Waals surface area contributed by atoms with E-state index in [1.54, 1.807) is 30.0 Å². The summed E-state index contributed by atoms with van der Waals surface area (Å²) in [6.45, 7) is 4.47. The van der Waals surface area contributed by atoms with E-state index < -0.39 is 0 Å². The molecule has 2 aliphatic rings. The molecule has 0 spiro atoms. The van der Waals surface area contributed by atoms with Crippen LogP contribution >= 0.6 is 34.5 Å². The molecule has 2 saturated heterocycles. The van der Waals surface area contributed by atoms with Gasteiger partial charge in [0.2, 0.25) is 11.9 Å². The van der Waals surface area contributed by atoms with Gasteiger partial charge in [-0.15, -0.1) is 11.3 Å². The second kappa shape index (κ2) is 13.0. The van der Waals surface area contributed by atoms with Crippen molar-refractivity contribution in [2.24, 2.45) is 0 Å². The molecule has 3 N–H and O–H groups in total. The van der Waals surface area contributed by atoms with Crippen molar-refractivity contribution in [3.05, 3.63) is 91.2 Å². The summed E-state index contributed by atoms with van der Waals surface area (Å²) in [5.41, 5.74) is 3.66. The molecular weight excluding hydrogens is 643 g/mol. The number of halogens is 2. The summed E-state index contributed by atoms with van der Waals surface area (Å²) in [5, 5.41) is 14.1. The fourth-order valence-electron chi connectivity index (χ4n) is 6.34. The van der Waals surface area contributed by atoms with Gasteiger partial charge in [0.1, 0.15) is 10.7 Å². The number of nitrogens with one attached hydrogen (secondary N) is 3. The maximum atomic E-state index is 14.2. The van der Waals surface area contributed by atoms with E-state index >= 15 is 0 Å². The van der Waals surface area contributed by atoms with Crippen LogP contribution < -0.4 is 21.5 Å². The highest BCUT2D eigenvalue weighted by molar-refractivity contribution is 7.09. The number of rotatable bonds is 8. The lowest BCUT2D eigenvalue weighted by atomic mass is 9.99. The average Bonchev–Trinajstić information content (AvgIpc) is 3.84. The molecule has 2 aliphatic heterocycles. The third kappa shape index (κ3) is 6.20. The number of carbonyl (C=O) groups is 1. The zero-order valence-corrected chi connectivity index (χ0v) is 27.4. The lowest BCUT2D eigenvalue weighted by molar-refractivity contribution is -0.129. The minimum atomic E-state index is -0.299. The van der Waals surface area contributed by atoms with Crippen molar-refractivity contribution in [3.63, 3.8) is 0 Å². The maximum absolute atomic E-state index is 14.2. The van der Waals surface area contributed by atoms with E-state index in [-0.39, 0.29) is 24.1 Å². The summed E-state index contributed by atoms with van der Waals surface area (Å²) in [6.07, 6.45) is 6.23. The van der Waals surface area contributed by atoms with Crippen LogP contribution in [0, 0.1) is 0 Å². The van der Waals surface area contributed by atoms with Crippen LogP contribution in [-0.4, -0.2) is 56.0 Å². The molecule has 0 aliphatic carbocycles. The Kier molecular flexibility index (Phi) is 8.65. The maximum Gasteiger partial charge on any atom is 0.260 e. The number of likely N-dealkylation sites (tertiary alicyclic amines) is 1. The first-order chi connectivity index (χ1) is 22.3. The Morgan fingerprint density at radius 2 is 1.87 bits per heavy atom.